The molecule has 122 valence electrons. The fraction of sp³-hybridized carbons (Fsp3) is 0.158. The number of anilines is 1. The summed E-state index contributed by atoms with van der Waals surface area (Å²) in [5.74, 6) is 1.12. The summed E-state index contributed by atoms with van der Waals surface area (Å²) in [6.45, 7) is 2.19. The van der Waals surface area contributed by atoms with Crippen molar-refractivity contribution in [2.24, 2.45) is 5.10 Å². The molecule has 5 heteroatoms. The quantitative estimate of drug-likeness (QED) is 0.333. The van der Waals surface area contributed by atoms with Crippen LogP contribution in [0.1, 0.15) is 18.9 Å². The Morgan fingerprint density at radius 3 is 2.75 bits per heavy atom. The molecule has 0 amide bonds. The minimum Gasteiger partial charge on any atom is -0.253 e. The van der Waals surface area contributed by atoms with Crippen molar-refractivity contribution < 1.29 is 0 Å². The summed E-state index contributed by atoms with van der Waals surface area (Å²) in [4.78, 5) is 5.83. The predicted octanol–water partition coefficient (Wildman–Crippen LogP) is 5.76. The van der Waals surface area contributed by atoms with Gasteiger partial charge in [-0.25, -0.2) is 4.98 Å². The van der Waals surface area contributed by atoms with E-state index in [1.165, 1.54) is 4.90 Å². The maximum absolute atomic E-state index is 4.57. The highest BCUT2D eigenvalue weighted by Crippen LogP contribution is 2.25. The molecule has 24 heavy (non-hydrogen) atoms. The maximum atomic E-state index is 4.57. The van der Waals surface area contributed by atoms with E-state index in [2.05, 4.69) is 52.8 Å². The first-order chi connectivity index (χ1) is 11.9. The summed E-state index contributed by atoms with van der Waals surface area (Å²) in [6.07, 6.45) is 3.03. The van der Waals surface area contributed by atoms with Crippen molar-refractivity contribution in [2.45, 2.75) is 18.2 Å². The maximum Gasteiger partial charge on any atom is 0.203 e. The minimum atomic E-state index is 0.795. The van der Waals surface area contributed by atoms with Crippen molar-refractivity contribution >= 4 is 34.4 Å². The lowest BCUT2D eigenvalue weighted by Gasteiger charge is -2.03. The Bertz CT molecular complexity index is 797. The topological polar surface area (TPSA) is 37.3 Å². The van der Waals surface area contributed by atoms with Crippen molar-refractivity contribution in [1.29, 1.82) is 0 Å². The number of hydrogen-bond donors (Lipinski definition) is 1. The second-order valence-electron chi connectivity index (χ2n) is 5.16. The smallest absolute Gasteiger partial charge is 0.203 e. The summed E-state index contributed by atoms with van der Waals surface area (Å²) in [7, 11) is 0. The molecule has 1 aromatic heterocycles. The fourth-order valence-corrected chi connectivity index (χ4v) is 3.71. The second-order valence-corrected chi connectivity index (χ2v) is 7.16. The molecular formula is C19H19N3S2. The van der Waals surface area contributed by atoms with Crippen LogP contribution in [0, 0.1) is 0 Å². The summed E-state index contributed by atoms with van der Waals surface area (Å²) in [6, 6.07) is 18.5. The third-order valence-electron chi connectivity index (χ3n) is 3.32. The standard InChI is InChI=1S/C19H19N3S2/c1-2-12-23-18-11-7-6-10-16(18)13-20-22-19-21-17(14-24-19)15-8-4-3-5-9-15/h3-11,13-14H,2,12H2,1H3,(H,21,22). The molecular weight excluding hydrogens is 334 g/mol. The molecule has 0 saturated carbocycles. The number of thiazole rings is 1. The van der Waals surface area contributed by atoms with Gasteiger partial charge in [0.15, 0.2) is 0 Å². The highest BCUT2D eigenvalue weighted by atomic mass is 32.2. The van der Waals surface area contributed by atoms with E-state index in [4.69, 9.17) is 0 Å². The normalized spacial score (nSPS) is 11.0. The lowest BCUT2D eigenvalue weighted by atomic mass is 10.2. The van der Waals surface area contributed by atoms with E-state index in [0.29, 0.717) is 0 Å². The minimum absolute atomic E-state index is 0.795. The molecule has 0 spiro atoms. The molecule has 0 aliphatic carbocycles. The Morgan fingerprint density at radius 2 is 1.92 bits per heavy atom. The van der Waals surface area contributed by atoms with E-state index in [1.807, 2.05) is 47.6 Å². The van der Waals surface area contributed by atoms with Gasteiger partial charge in [0.1, 0.15) is 0 Å². The molecule has 3 rings (SSSR count). The molecule has 0 unspecified atom stereocenters. The van der Waals surface area contributed by atoms with Crippen LogP contribution in [0.15, 0.2) is 70.0 Å². The average molecular weight is 354 g/mol. The molecule has 3 aromatic rings. The van der Waals surface area contributed by atoms with Crippen LogP contribution in [0.3, 0.4) is 0 Å². The Labute approximate surface area is 150 Å². The third-order valence-corrected chi connectivity index (χ3v) is 5.36. The van der Waals surface area contributed by atoms with E-state index in [1.54, 1.807) is 11.3 Å². The van der Waals surface area contributed by atoms with Gasteiger partial charge in [-0.3, -0.25) is 5.43 Å². The van der Waals surface area contributed by atoms with Crippen molar-refractivity contribution in [3.63, 3.8) is 0 Å². The SMILES string of the molecule is CCCSc1ccccc1C=NNc1nc(-c2ccccc2)cs1. The van der Waals surface area contributed by atoms with Crippen LogP contribution in [0.2, 0.25) is 0 Å². The molecule has 0 saturated heterocycles. The zero-order valence-electron chi connectivity index (χ0n) is 13.5. The van der Waals surface area contributed by atoms with Gasteiger partial charge in [-0.05, 0) is 18.2 Å². The number of hydrogen-bond acceptors (Lipinski definition) is 5. The van der Waals surface area contributed by atoms with Crippen molar-refractivity contribution in [2.75, 3.05) is 11.2 Å². The Balaban J connectivity index is 1.66. The van der Waals surface area contributed by atoms with Gasteiger partial charge in [0.2, 0.25) is 5.13 Å². The molecule has 2 aromatic carbocycles. The Kier molecular flexibility index (Phi) is 6.04. The van der Waals surface area contributed by atoms with Gasteiger partial charge < -0.3 is 0 Å². The van der Waals surface area contributed by atoms with Gasteiger partial charge in [0.25, 0.3) is 0 Å². The molecule has 0 fully saturated rings. The summed E-state index contributed by atoms with van der Waals surface area (Å²) < 4.78 is 0. The first kappa shape index (κ1) is 16.7. The number of nitrogens with zero attached hydrogens (tertiary/aromatic N) is 2. The van der Waals surface area contributed by atoms with Crippen LogP contribution in [0.4, 0.5) is 5.13 Å². The number of benzene rings is 2. The average Bonchev–Trinajstić information content (AvgIpc) is 3.10. The van der Waals surface area contributed by atoms with E-state index in [0.717, 1.165) is 34.1 Å². The van der Waals surface area contributed by atoms with Gasteiger partial charge in [-0.2, -0.15) is 5.10 Å². The molecule has 3 nitrogen and oxygen atoms in total. The van der Waals surface area contributed by atoms with Crippen LogP contribution in [-0.2, 0) is 0 Å². The number of aromatic nitrogens is 1. The van der Waals surface area contributed by atoms with Gasteiger partial charge in [0, 0.05) is 21.4 Å². The van der Waals surface area contributed by atoms with Crippen molar-refractivity contribution in [1.82, 2.24) is 4.98 Å². The van der Waals surface area contributed by atoms with Gasteiger partial charge >= 0.3 is 0 Å². The summed E-state index contributed by atoms with van der Waals surface area (Å²) in [5.41, 5.74) is 6.25. The van der Waals surface area contributed by atoms with E-state index >= 15 is 0 Å². The van der Waals surface area contributed by atoms with Crippen LogP contribution < -0.4 is 5.43 Å². The zero-order valence-corrected chi connectivity index (χ0v) is 15.1. The predicted molar refractivity (Wildman–Crippen MR) is 106 cm³/mol. The lowest BCUT2D eigenvalue weighted by Crippen LogP contribution is -1.92. The van der Waals surface area contributed by atoms with Gasteiger partial charge in [-0.1, -0.05) is 55.5 Å². The highest BCUT2D eigenvalue weighted by Gasteiger charge is 2.03. The van der Waals surface area contributed by atoms with Crippen LogP contribution in [0.5, 0.6) is 0 Å². The van der Waals surface area contributed by atoms with Crippen LogP contribution >= 0.6 is 23.1 Å². The Hall–Kier alpha value is -2.11. The van der Waals surface area contributed by atoms with Gasteiger partial charge in [0.05, 0.1) is 11.9 Å². The first-order valence-corrected chi connectivity index (χ1v) is 9.75. The van der Waals surface area contributed by atoms with Gasteiger partial charge in [-0.15, -0.1) is 23.1 Å². The Morgan fingerprint density at radius 1 is 1.12 bits per heavy atom. The fourth-order valence-electron chi connectivity index (χ4n) is 2.15. The summed E-state index contributed by atoms with van der Waals surface area (Å²) >= 11 is 3.42. The second kappa shape index (κ2) is 8.66. The number of nitrogens with one attached hydrogen (secondary N) is 1. The molecule has 0 radical (unpaired) electrons. The van der Waals surface area contributed by atoms with Crippen molar-refractivity contribution in [3.05, 3.63) is 65.5 Å². The monoisotopic (exact) mass is 353 g/mol. The first-order valence-electron chi connectivity index (χ1n) is 7.88. The van der Waals surface area contributed by atoms with E-state index in [-0.39, 0.29) is 0 Å². The van der Waals surface area contributed by atoms with Crippen LogP contribution in [-0.4, -0.2) is 17.0 Å². The van der Waals surface area contributed by atoms with Crippen LogP contribution in [0.25, 0.3) is 11.3 Å². The van der Waals surface area contributed by atoms with E-state index < -0.39 is 0 Å². The molecule has 1 N–H and O–H groups in total. The molecule has 0 atom stereocenters. The van der Waals surface area contributed by atoms with Crippen molar-refractivity contribution in [3.8, 4) is 11.3 Å². The zero-order chi connectivity index (χ0) is 16.6. The molecule has 1 heterocycles. The molecule has 0 aliphatic rings. The largest absolute Gasteiger partial charge is 0.253 e. The lowest BCUT2D eigenvalue weighted by molar-refractivity contribution is 1.10. The molecule has 0 bridgehead atoms. The summed E-state index contributed by atoms with van der Waals surface area (Å²) in [5, 5.41) is 7.18. The number of hydrazone groups is 1. The molecule has 0 aliphatic heterocycles. The highest BCUT2D eigenvalue weighted by molar-refractivity contribution is 7.99. The third kappa shape index (κ3) is 4.46. The number of thioether (sulfide) groups is 1. The van der Waals surface area contributed by atoms with E-state index in [9.17, 15) is 0 Å². The number of rotatable bonds is 7.